The van der Waals surface area contributed by atoms with Gasteiger partial charge in [-0.15, -0.1) is 0 Å². The molecule has 0 bridgehead atoms. The number of nitrogens with one attached hydrogen (secondary N) is 1. The predicted molar refractivity (Wildman–Crippen MR) is 53.6 cm³/mol. The van der Waals surface area contributed by atoms with Crippen molar-refractivity contribution in [1.82, 2.24) is 0 Å². The molecule has 1 amide bonds. The molecule has 0 saturated heterocycles. The summed E-state index contributed by atoms with van der Waals surface area (Å²) >= 11 is 0. The number of carbonyl (C=O) groups excluding carboxylic acids is 1. The van der Waals surface area contributed by atoms with E-state index >= 15 is 0 Å². The Morgan fingerprint density at radius 1 is 1.44 bits per heavy atom. The molecule has 0 fully saturated rings. The minimum atomic E-state index is -4.51. The van der Waals surface area contributed by atoms with Gasteiger partial charge in [0.2, 0.25) is 5.91 Å². The molecular weight excluding hydrogens is 221 g/mol. The summed E-state index contributed by atoms with van der Waals surface area (Å²) < 4.78 is 37.9. The van der Waals surface area contributed by atoms with E-state index in [1.807, 2.05) is 0 Å². The number of hydrogen-bond acceptors (Lipinski definition) is 2. The number of rotatable bonds is 2. The number of benzene rings is 1. The van der Waals surface area contributed by atoms with Crippen LogP contribution < -0.4 is 11.1 Å². The third-order valence-electron chi connectivity index (χ3n) is 1.94. The van der Waals surface area contributed by atoms with Crippen LogP contribution in [0.3, 0.4) is 0 Å². The minimum Gasteiger partial charge on any atom is -0.326 e. The van der Waals surface area contributed by atoms with E-state index in [4.69, 9.17) is 5.73 Å². The topological polar surface area (TPSA) is 55.1 Å². The lowest BCUT2D eigenvalue weighted by atomic mass is 10.1. The molecule has 3 N–H and O–H groups in total. The summed E-state index contributed by atoms with van der Waals surface area (Å²) in [7, 11) is 0. The summed E-state index contributed by atoms with van der Waals surface area (Å²) in [6.45, 7) is 1.17. The van der Waals surface area contributed by atoms with Gasteiger partial charge in [-0.1, -0.05) is 6.07 Å². The number of nitrogens with two attached hydrogens (primary N) is 1. The van der Waals surface area contributed by atoms with Crippen LogP contribution in [0.25, 0.3) is 0 Å². The second-order valence-corrected chi connectivity index (χ2v) is 3.26. The van der Waals surface area contributed by atoms with E-state index in [9.17, 15) is 18.0 Å². The maximum absolute atomic E-state index is 12.6. The van der Waals surface area contributed by atoms with Crippen LogP contribution in [0.1, 0.15) is 18.1 Å². The molecule has 0 aliphatic heterocycles. The number of amides is 1. The lowest BCUT2D eigenvalue weighted by Gasteiger charge is -2.14. The number of carbonyl (C=O) groups is 1. The van der Waals surface area contributed by atoms with E-state index in [1.54, 1.807) is 0 Å². The molecule has 6 heteroatoms. The summed E-state index contributed by atoms with van der Waals surface area (Å²) in [6.07, 6.45) is -4.51. The normalized spacial score (nSPS) is 11.3. The van der Waals surface area contributed by atoms with Crippen LogP contribution in [0.2, 0.25) is 0 Å². The zero-order valence-corrected chi connectivity index (χ0v) is 8.56. The van der Waals surface area contributed by atoms with Crippen molar-refractivity contribution < 1.29 is 18.0 Å². The maximum atomic E-state index is 12.6. The van der Waals surface area contributed by atoms with Crippen LogP contribution in [0.5, 0.6) is 0 Å². The van der Waals surface area contributed by atoms with E-state index in [2.05, 4.69) is 5.32 Å². The van der Waals surface area contributed by atoms with E-state index in [1.165, 1.54) is 12.1 Å². The van der Waals surface area contributed by atoms with Gasteiger partial charge in [0, 0.05) is 13.5 Å². The second kappa shape index (κ2) is 4.52. The Balaban J connectivity index is 3.22. The summed E-state index contributed by atoms with van der Waals surface area (Å²) in [5.74, 6) is -0.550. The van der Waals surface area contributed by atoms with E-state index in [0.717, 1.165) is 13.0 Å². The van der Waals surface area contributed by atoms with Crippen molar-refractivity contribution >= 4 is 11.6 Å². The molecule has 1 aromatic rings. The Morgan fingerprint density at radius 3 is 2.50 bits per heavy atom. The van der Waals surface area contributed by atoms with Gasteiger partial charge < -0.3 is 11.1 Å². The summed E-state index contributed by atoms with van der Waals surface area (Å²) in [5.41, 5.74) is 4.48. The van der Waals surface area contributed by atoms with Crippen LogP contribution in [0.4, 0.5) is 18.9 Å². The summed E-state index contributed by atoms with van der Waals surface area (Å²) in [6, 6.07) is 3.58. The molecule has 88 valence electrons. The average Bonchev–Trinajstić information content (AvgIpc) is 2.15. The molecule has 0 heterocycles. The standard InChI is InChI=1S/C10H11F3N2O/c1-6(16)15-9-3-2-7(5-14)4-8(9)10(11,12)13/h2-4H,5,14H2,1H3,(H,15,16). The van der Waals surface area contributed by atoms with E-state index in [0.29, 0.717) is 5.56 Å². The molecule has 3 nitrogen and oxygen atoms in total. The number of hydrogen-bond donors (Lipinski definition) is 2. The minimum absolute atomic E-state index is 0.0173. The van der Waals surface area contributed by atoms with Crippen molar-refractivity contribution in [3.05, 3.63) is 29.3 Å². The summed E-state index contributed by atoms with van der Waals surface area (Å²) in [4.78, 5) is 10.7. The molecule has 0 aliphatic rings. The van der Waals surface area contributed by atoms with Gasteiger partial charge in [-0.05, 0) is 17.7 Å². The Labute approximate surface area is 90.4 Å². The first kappa shape index (κ1) is 12.5. The zero-order chi connectivity index (χ0) is 12.3. The molecule has 0 aliphatic carbocycles. The Morgan fingerprint density at radius 2 is 2.06 bits per heavy atom. The van der Waals surface area contributed by atoms with Crippen molar-refractivity contribution in [2.24, 2.45) is 5.73 Å². The molecule has 0 spiro atoms. The fourth-order valence-electron chi connectivity index (χ4n) is 1.25. The molecular formula is C10H11F3N2O. The lowest BCUT2D eigenvalue weighted by molar-refractivity contribution is -0.137. The molecule has 16 heavy (non-hydrogen) atoms. The molecule has 0 atom stereocenters. The first-order valence-electron chi connectivity index (χ1n) is 4.52. The third-order valence-corrected chi connectivity index (χ3v) is 1.94. The average molecular weight is 232 g/mol. The fourth-order valence-corrected chi connectivity index (χ4v) is 1.25. The first-order valence-corrected chi connectivity index (χ1v) is 4.52. The highest BCUT2D eigenvalue weighted by molar-refractivity contribution is 5.89. The quantitative estimate of drug-likeness (QED) is 0.820. The van der Waals surface area contributed by atoms with Crippen molar-refractivity contribution in [3.63, 3.8) is 0 Å². The van der Waals surface area contributed by atoms with Crippen LogP contribution >= 0.6 is 0 Å². The van der Waals surface area contributed by atoms with Crippen molar-refractivity contribution in [2.45, 2.75) is 19.6 Å². The van der Waals surface area contributed by atoms with Gasteiger partial charge >= 0.3 is 6.18 Å². The van der Waals surface area contributed by atoms with Crippen LogP contribution in [-0.4, -0.2) is 5.91 Å². The Hall–Kier alpha value is -1.56. The lowest BCUT2D eigenvalue weighted by Crippen LogP contribution is -2.14. The largest absolute Gasteiger partial charge is 0.418 e. The van der Waals surface area contributed by atoms with Gasteiger partial charge in [-0.2, -0.15) is 13.2 Å². The molecule has 0 unspecified atom stereocenters. The third kappa shape index (κ3) is 2.96. The highest BCUT2D eigenvalue weighted by Crippen LogP contribution is 2.35. The Bertz CT molecular complexity index is 402. The molecule has 0 radical (unpaired) electrons. The monoisotopic (exact) mass is 232 g/mol. The second-order valence-electron chi connectivity index (χ2n) is 3.26. The Kier molecular flexibility index (Phi) is 3.54. The van der Waals surface area contributed by atoms with E-state index < -0.39 is 17.6 Å². The SMILES string of the molecule is CC(=O)Nc1ccc(CN)cc1C(F)(F)F. The maximum Gasteiger partial charge on any atom is 0.418 e. The molecule has 1 aromatic carbocycles. The van der Waals surface area contributed by atoms with Gasteiger partial charge in [0.05, 0.1) is 11.3 Å². The highest BCUT2D eigenvalue weighted by Gasteiger charge is 2.33. The highest BCUT2D eigenvalue weighted by atomic mass is 19.4. The van der Waals surface area contributed by atoms with Crippen molar-refractivity contribution in [2.75, 3.05) is 5.32 Å². The number of halogens is 3. The predicted octanol–water partition coefficient (Wildman–Crippen LogP) is 2.12. The van der Waals surface area contributed by atoms with Crippen LogP contribution in [0.15, 0.2) is 18.2 Å². The van der Waals surface area contributed by atoms with Gasteiger partial charge in [-0.25, -0.2) is 0 Å². The fraction of sp³-hybridized carbons (Fsp3) is 0.300. The summed E-state index contributed by atoms with van der Waals surface area (Å²) in [5, 5.41) is 2.13. The van der Waals surface area contributed by atoms with Crippen molar-refractivity contribution in [3.8, 4) is 0 Å². The first-order chi connectivity index (χ1) is 7.34. The van der Waals surface area contributed by atoms with Gasteiger partial charge in [-0.3, -0.25) is 4.79 Å². The van der Waals surface area contributed by atoms with Gasteiger partial charge in [0.1, 0.15) is 0 Å². The number of alkyl halides is 3. The van der Waals surface area contributed by atoms with Crippen LogP contribution in [0, 0.1) is 0 Å². The molecule has 0 saturated carbocycles. The smallest absolute Gasteiger partial charge is 0.326 e. The molecule has 0 aromatic heterocycles. The zero-order valence-electron chi connectivity index (χ0n) is 8.56. The van der Waals surface area contributed by atoms with Crippen LogP contribution in [-0.2, 0) is 17.5 Å². The molecule has 1 rings (SSSR count). The van der Waals surface area contributed by atoms with E-state index in [-0.39, 0.29) is 12.2 Å². The van der Waals surface area contributed by atoms with Gasteiger partial charge in [0.15, 0.2) is 0 Å². The van der Waals surface area contributed by atoms with Crippen molar-refractivity contribution in [1.29, 1.82) is 0 Å². The van der Waals surface area contributed by atoms with Gasteiger partial charge in [0.25, 0.3) is 0 Å². The number of anilines is 1.